The van der Waals surface area contributed by atoms with E-state index >= 15 is 0 Å². The van der Waals surface area contributed by atoms with E-state index in [-0.39, 0.29) is 23.8 Å². The number of piperazine rings is 1. The van der Waals surface area contributed by atoms with E-state index < -0.39 is 0 Å². The predicted octanol–water partition coefficient (Wildman–Crippen LogP) is 2.70. The Morgan fingerprint density at radius 1 is 1.00 bits per heavy atom. The average Bonchev–Trinajstić information content (AvgIpc) is 3.18. The summed E-state index contributed by atoms with van der Waals surface area (Å²) in [5.74, 6) is -0.0748. The first kappa shape index (κ1) is 18.9. The molecule has 0 saturated carbocycles. The van der Waals surface area contributed by atoms with Gasteiger partial charge < -0.3 is 9.80 Å². The lowest BCUT2D eigenvalue weighted by molar-refractivity contribution is -0.133. The molecule has 2 aromatic rings. The van der Waals surface area contributed by atoms with Crippen LogP contribution in [0.15, 0.2) is 42.5 Å². The van der Waals surface area contributed by atoms with Crippen molar-refractivity contribution in [3.8, 4) is 0 Å². The second kappa shape index (κ2) is 7.89. The highest BCUT2D eigenvalue weighted by Crippen LogP contribution is 2.27. The molecule has 0 spiro atoms. The van der Waals surface area contributed by atoms with Crippen LogP contribution in [0.4, 0.5) is 10.1 Å². The summed E-state index contributed by atoms with van der Waals surface area (Å²) in [6.07, 6.45) is 0.751. The molecule has 2 saturated heterocycles. The minimum Gasteiger partial charge on any atom is -0.368 e. The molecule has 5 nitrogen and oxygen atoms in total. The summed E-state index contributed by atoms with van der Waals surface area (Å²) < 4.78 is 13.1. The molecule has 2 aromatic carbocycles. The quantitative estimate of drug-likeness (QED) is 0.857. The average molecular weight is 382 g/mol. The molecular weight excluding hydrogens is 355 g/mol. The molecule has 0 aliphatic carbocycles. The lowest BCUT2D eigenvalue weighted by atomic mass is 9.96. The Balaban J connectivity index is 1.34. The number of hydrogen-bond acceptors (Lipinski definition) is 4. The number of anilines is 1. The molecule has 148 valence electrons. The largest absolute Gasteiger partial charge is 0.368 e. The van der Waals surface area contributed by atoms with Gasteiger partial charge >= 0.3 is 0 Å². The Hall–Kier alpha value is -2.44. The van der Waals surface area contributed by atoms with Crippen LogP contribution in [-0.2, 0) is 4.79 Å². The van der Waals surface area contributed by atoms with Crippen LogP contribution in [0, 0.1) is 19.7 Å². The molecule has 0 radical (unpaired) electrons. The van der Waals surface area contributed by atoms with E-state index in [9.17, 15) is 9.18 Å². The standard InChI is InChI=1S/C22H27FN4O/c1-15-3-8-19(16(2)13-15)20-14-21(25-24-20)22(28)27-11-9-26(10-12-27)18-6-4-17(23)5-7-18/h3-8,13,20-21,24-25H,9-12,14H2,1-2H3. The number of nitrogens with zero attached hydrogens (tertiary/aromatic N) is 2. The highest BCUT2D eigenvalue weighted by Gasteiger charge is 2.34. The van der Waals surface area contributed by atoms with Gasteiger partial charge in [-0.1, -0.05) is 23.8 Å². The predicted molar refractivity (Wildman–Crippen MR) is 109 cm³/mol. The maximum atomic E-state index is 13.1. The van der Waals surface area contributed by atoms with E-state index in [0.717, 1.165) is 25.2 Å². The van der Waals surface area contributed by atoms with Gasteiger partial charge in [0.25, 0.3) is 0 Å². The number of hydrogen-bond donors (Lipinski definition) is 2. The van der Waals surface area contributed by atoms with Gasteiger partial charge in [0.1, 0.15) is 11.9 Å². The molecule has 2 unspecified atom stereocenters. The number of carbonyl (C=O) groups is 1. The first-order chi connectivity index (χ1) is 13.5. The first-order valence-electron chi connectivity index (χ1n) is 9.89. The van der Waals surface area contributed by atoms with Crippen molar-refractivity contribution in [2.45, 2.75) is 32.4 Å². The van der Waals surface area contributed by atoms with Crippen LogP contribution in [0.3, 0.4) is 0 Å². The maximum absolute atomic E-state index is 13.1. The van der Waals surface area contributed by atoms with Crippen molar-refractivity contribution in [1.29, 1.82) is 0 Å². The van der Waals surface area contributed by atoms with Gasteiger partial charge in [-0.3, -0.25) is 4.79 Å². The first-order valence-corrected chi connectivity index (χ1v) is 9.89. The third-order valence-electron chi connectivity index (χ3n) is 5.79. The summed E-state index contributed by atoms with van der Waals surface area (Å²) in [6.45, 7) is 7.10. The van der Waals surface area contributed by atoms with E-state index in [1.165, 1.54) is 28.8 Å². The summed E-state index contributed by atoms with van der Waals surface area (Å²) in [7, 11) is 0. The molecule has 2 heterocycles. The molecule has 2 aliphatic rings. The Morgan fingerprint density at radius 2 is 1.71 bits per heavy atom. The van der Waals surface area contributed by atoms with Crippen molar-refractivity contribution in [3.05, 3.63) is 65.0 Å². The van der Waals surface area contributed by atoms with Gasteiger partial charge in [0.05, 0.1) is 0 Å². The molecule has 0 bridgehead atoms. The van der Waals surface area contributed by atoms with Gasteiger partial charge in [-0.25, -0.2) is 15.2 Å². The lowest BCUT2D eigenvalue weighted by Crippen LogP contribution is -2.53. The Kier molecular flexibility index (Phi) is 5.33. The van der Waals surface area contributed by atoms with Crippen molar-refractivity contribution in [2.75, 3.05) is 31.1 Å². The van der Waals surface area contributed by atoms with Gasteiger partial charge in [-0.2, -0.15) is 0 Å². The van der Waals surface area contributed by atoms with Crippen LogP contribution >= 0.6 is 0 Å². The van der Waals surface area contributed by atoms with Crippen molar-refractivity contribution < 1.29 is 9.18 Å². The van der Waals surface area contributed by atoms with Gasteiger partial charge in [-0.05, 0) is 55.7 Å². The molecular formula is C22H27FN4O. The number of hydrazine groups is 1. The summed E-state index contributed by atoms with van der Waals surface area (Å²) in [6, 6.07) is 12.9. The number of halogens is 1. The van der Waals surface area contributed by atoms with Crippen molar-refractivity contribution in [2.24, 2.45) is 0 Å². The van der Waals surface area contributed by atoms with E-state index in [4.69, 9.17) is 0 Å². The van der Waals surface area contributed by atoms with E-state index in [1.807, 2.05) is 4.90 Å². The van der Waals surface area contributed by atoms with Gasteiger partial charge in [-0.15, -0.1) is 0 Å². The Bertz CT molecular complexity index is 846. The highest BCUT2D eigenvalue weighted by atomic mass is 19.1. The zero-order chi connectivity index (χ0) is 19.7. The van der Waals surface area contributed by atoms with Crippen LogP contribution in [0.5, 0.6) is 0 Å². The number of rotatable bonds is 3. The van der Waals surface area contributed by atoms with E-state index in [2.05, 4.69) is 47.8 Å². The second-order valence-corrected chi connectivity index (χ2v) is 7.78. The lowest BCUT2D eigenvalue weighted by Gasteiger charge is -2.37. The third-order valence-corrected chi connectivity index (χ3v) is 5.79. The molecule has 4 rings (SSSR count). The number of aryl methyl sites for hydroxylation is 2. The monoisotopic (exact) mass is 382 g/mol. The number of nitrogens with one attached hydrogen (secondary N) is 2. The Labute approximate surface area is 165 Å². The van der Waals surface area contributed by atoms with Crippen molar-refractivity contribution in [3.63, 3.8) is 0 Å². The number of amides is 1. The summed E-state index contributed by atoms with van der Waals surface area (Å²) in [5.41, 5.74) is 11.2. The van der Waals surface area contributed by atoms with E-state index in [1.54, 1.807) is 12.1 Å². The van der Waals surface area contributed by atoms with E-state index in [0.29, 0.717) is 13.1 Å². The minimum atomic E-state index is -0.226. The van der Waals surface area contributed by atoms with Crippen molar-refractivity contribution in [1.82, 2.24) is 15.8 Å². The highest BCUT2D eigenvalue weighted by molar-refractivity contribution is 5.82. The normalized spacial score (nSPS) is 22.5. The van der Waals surface area contributed by atoms with Gasteiger partial charge in [0.2, 0.25) is 5.91 Å². The molecule has 2 N–H and O–H groups in total. The fraction of sp³-hybridized carbons (Fsp3) is 0.409. The topological polar surface area (TPSA) is 47.6 Å². The third kappa shape index (κ3) is 3.88. The molecule has 2 fully saturated rings. The summed E-state index contributed by atoms with van der Waals surface area (Å²) in [4.78, 5) is 17.1. The fourth-order valence-corrected chi connectivity index (χ4v) is 4.20. The zero-order valence-corrected chi connectivity index (χ0v) is 16.4. The summed E-state index contributed by atoms with van der Waals surface area (Å²) >= 11 is 0. The number of benzene rings is 2. The van der Waals surface area contributed by atoms with Crippen LogP contribution in [0.25, 0.3) is 0 Å². The molecule has 6 heteroatoms. The van der Waals surface area contributed by atoms with Gasteiger partial charge in [0, 0.05) is 37.9 Å². The van der Waals surface area contributed by atoms with Crippen LogP contribution in [-0.4, -0.2) is 43.0 Å². The molecule has 1 amide bonds. The minimum absolute atomic E-state index is 0.148. The smallest absolute Gasteiger partial charge is 0.241 e. The zero-order valence-electron chi connectivity index (χ0n) is 16.4. The van der Waals surface area contributed by atoms with Crippen LogP contribution in [0.2, 0.25) is 0 Å². The van der Waals surface area contributed by atoms with Crippen LogP contribution < -0.4 is 15.8 Å². The molecule has 0 aromatic heterocycles. The Morgan fingerprint density at radius 3 is 2.39 bits per heavy atom. The maximum Gasteiger partial charge on any atom is 0.241 e. The summed E-state index contributed by atoms with van der Waals surface area (Å²) in [5, 5.41) is 0. The molecule has 2 aliphatic heterocycles. The molecule has 2 atom stereocenters. The SMILES string of the molecule is Cc1ccc(C2CC(C(=O)N3CCN(c4ccc(F)cc4)CC3)NN2)c(C)c1. The number of carbonyl (C=O) groups excluding carboxylic acids is 1. The second-order valence-electron chi connectivity index (χ2n) is 7.78. The fourth-order valence-electron chi connectivity index (χ4n) is 4.20. The van der Waals surface area contributed by atoms with Gasteiger partial charge in [0.15, 0.2) is 0 Å². The molecule has 28 heavy (non-hydrogen) atoms. The van der Waals surface area contributed by atoms with Crippen LogP contribution in [0.1, 0.15) is 29.2 Å². The van der Waals surface area contributed by atoms with Crippen molar-refractivity contribution >= 4 is 11.6 Å².